The number of aliphatic hydroxyl groups is 1. The Kier molecular flexibility index (Phi) is 8.97. The van der Waals surface area contributed by atoms with Gasteiger partial charge in [0.1, 0.15) is 17.6 Å². The van der Waals surface area contributed by atoms with Gasteiger partial charge in [0, 0.05) is 24.2 Å². The number of nitrogens with zero attached hydrogens (tertiary/aromatic N) is 3. The third-order valence-corrected chi connectivity index (χ3v) is 5.00. The molecule has 12 nitrogen and oxygen atoms in total. The highest BCUT2D eigenvalue weighted by Gasteiger charge is 2.38. The number of carbonyl (C=O) groups excluding carboxylic acids is 2. The predicted molar refractivity (Wildman–Crippen MR) is 123 cm³/mol. The van der Waals surface area contributed by atoms with Crippen molar-refractivity contribution in [3.63, 3.8) is 0 Å². The Balaban J connectivity index is 0.000000479. The number of morpholine rings is 1. The van der Waals surface area contributed by atoms with E-state index in [1.165, 1.54) is 4.90 Å². The number of aromatic nitrogens is 3. The maximum absolute atomic E-state index is 12.4. The molecule has 0 radical (unpaired) electrons. The standard InChI is InChI=1S/C20H22N6O4.C2HF3O2/c27-17(20(29)26-6-8-30-9-7-26)12-21-19(28)16-2-1-3-18(24-16)23-14-4-5-15-13(10-14)11-22-25-15;3-2(4,5)1(6)7/h1-5,10-11,17,27H,6-9,12H2,(H,21,28)(H,22,25)(H,23,24);(H,6,7). The van der Waals surface area contributed by atoms with E-state index in [2.05, 4.69) is 25.8 Å². The van der Waals surface area contributed by atoms with Gasteiger partial charge in [0.25, 0.3) is 11.8 Å². The van der Waals surface area contributed by atoms with E-state index in [0.717, 1.165) is 16.6 Å². The molecule has 198 valence electrons. The molecule has 0 aliphatic carbocycles. The first kappa shape index (κ1) is 27.3. The molecule has 4 rings (SSSR count). The number of rotatable bonds is 6. The predicted octanol–water partition coefficient (Wildman–Crippen LogP) is 1.28. The highest BCUT2D eigenvalue weighted by Crippen LogP contribution is 2.20. The number of nitrogens with one attached hydrogen (secondary N) is 3. The topological polar surface area (TPSA) is 170 Å². The molecule has 1 aliphatic heterocycles. The van der Waals surface area contributed by atoms with Gasteiger partial charge < -0.3 is 30.5 Å². The Hall–Kier alpha value is -4.24. The maximum Gasteiger partial charge on any atom is 0.490 e. The van der Waals surface area contributed by atoms with Crippen molar-refractivity contribution in [2.45, 2.75) is 12.3 Å². The number of carbonyl (C=O) groups is 3. The lowest BCUT2D eigenvalue weighted by molar-refractivity contribution is -0.192. The monoisotopic (exact) mass is 524 g/mol. The minimum Gasteiger partial charge on any atom is -0.475 e. The van der Waals surface area contributed by atoms with Crippen LogP contribution in [0.15, 0.2) is 42.6 Å². The van der Waals surface area contributed by atoms with Gasteiger partial charge in [-0.3, -0.25) is 14.7 Å². The lowest BCUT2D eigenvalue weighted by Gasteiger charge is -2.28. The zero-order valence-corrected chi connectivity index (χ0v) is 19.2. The average molecular weight is 524 g/mol. The molecule has 1 saturated heterocycles. The van der Waals surface area contributed by atoms with Crippen LogP contribution >= 0.6 is 0 Å². The molecule has 1 fully saturated rings. The van der Waals surface area contributed by atoms with Crippen molar-refractivity contribution in [2.75, 3.05) is 38.2 Å². The zero-order chi connectivity index (χ0) is 27.0. The fourth-order valence-corrected chi connectivity index (χ4v) is 3.16. The van der Waals surface area contributed by atoms with Gasteiger partial charge in [0.05, 0.1) is 31.5 Å². The summed E-state index contributed by atoms with van der Waals surface area (Å²) in [5.74, 6) is -3.16. The van der Waals surface area contributed by atoms with E-state index in [4.69, 9.17) is 14.6 Å². The molecule has 5 N–H and O–H groups in total. The SMILES string of the molecule is O=C(NCC(O)C(=O)N1CCOCC1)c1cccc(Nc2ccc3[nH]ncc3c2)n1.O=C(O)C(F)(F)F. The second-order valence-electron chi connectivity index (χ2n) is 7.67. The van der Waals surface area contributed by atoms with Crippen LogP contribution in [0.5, 0.6) is 0 Å². The molecule has 0 spiro atoms. The first-order valence-corrected chi connectivity index (χ1v) is 10.8. The summed E-state index contributed by atoms with van der Waals surface area (Å²) in [5.41, 5.74) is 1.91. The Labute approximate surface area is 207 Å². The van der Waals surface area contributed by atoms with Crippen molar-refractivity contribution in [2.24, 2.45) is 0 Å². The summed E-state index contributed by atoms with van der Waals surface area (Å²) in [5, 5.41) is 30.8. The number of ether oxygens (including phenoxy) is 1. The van der Waals surface area contributed by atoms with Crippen LogP contribution in [0.2, 0.25) is 0 Å². The van der Waals surface area contributed by atoms with Crippen molar-refractivity contribution in [3.05, 3.63) is 48.3 Å². The van der Waals surface area contributed by atoms with Gasteiger partial charge in [-0.2, -0.15) is 18.3 Å². The van der Waals surface area contributed by atoms with Gasteiger partial charge in [0.2, 0.25) is 0 Å². The zero-order valence-electron chi connectivity index (χ0n) is 19.2. The van der Waals surface area contributed by atoms with Gasteiger partial charge >= 0.3 is 12.1 Å². The number of carboxylic acid groups (broad SMARTS) is 1. The average Bonchev–Trinajstić information content (AvgIpc) is 3.35. The molecule has 1 aromatic carbocycles. The number of pyridine rings is 1. The van der Waals surface area contributed by atoms with Crippen LogP contribution in [0.4, 0.5) is 24.7 Å². The second kappa shape index (κ2) is 12.1. The van der Waals surface area contributed by atoms with Gasteiger partial charge in [-0.1, -0.05) is 6.07 Å². The number of anilines is 2. The van der Waals surface area contributed by atoms with E-state index in [9.17, 15) is 27.9 Å². The number of alkyl halides is 3. The molecule has 2 aromatic heterocycles. The van der Waals surface area contributed by atoms with Gasteiger partial charge in [-0.15, -0.1) is 0 Å². The van der Waals surface area contributed by atoms with Gasteiger partial charge in [-0.05, 0) is 30.3 Å². The molecule has 0 saturated carbocycles. The maximum atomic E-state index is 12.4. The minimum atomic E-state index is -5.08. The number of amides is 2. The molecule has 2 amide bonds. The Morgan fingerprint density at radius 3 is 2.54 bits per heavy atom. The van der Waals surface area contributed by atoms with Crippen molar-refractivity contribution in [3.8, 4) is 0 Å². The lowest BCUT2D eigenvalue weighted by atomic mass is 10.2. The number of hydrogen-bond acceptors (Lipinski definition) is 8. The number of fused-ring (bicyclic) bond motifs is 1. The molecule has 1 unspecified atom stereocenters. The van der Waals surface area contributed by atoms with Crippen LogP contribution in [0.25, 0.3) is 10.9 Å². The summed E-state index contributed by atoms with van der Waals surface area (Å²) in [4.78, 5) is 39.4. The van der Waals surface area contributed by atoms with Crippen LogP contribution in [0.1, 0.15) is 10.5 Å². The fraction of sp³-hybridized carbons (Fsp3) is 0.318. The van der Waals surface area contributed by atoms with E-state index < -0.39 is 30.1 Å². The van der Waals surface area contributed by atoms with Crippen LogP contribution in [-0.2, 0) is 14.3 Å². The highest BCUT2D eigenvalue weighted by molar-refractivity contribution is 5.93. The van der Waals surface area contributed by atoms with Crippen LogP contribution in [0.3, 0.4) is 0 Å². The van der Waals surface area contributed by atoms with Gasteiger partial charge in [0.15, 0.2) is 0 Å². The molecule has 1 atom stereocenters. The number of halogens is 3. The first-order valence-electron chi connectivity index (χ1n) is 10.8. The molecule has 1 aliphatic rings. The lowest BCUT2D eigenvalue weighted by Crippen LogP contribution is -2.49. The van der Waals surface area contributed by atoms with Crippen LogP contribution in [0, 0.1) is 0 Å². The number of aliphatic hydroxyl groups excluding tert-OH is 1. The third kappa shape index (κ3) is 7.88. The van der Waals surface area contributed by atoms with E-state index in [0.29, 0.717) is 32.1 Å². The number of H-pyrrole nitrogens is 1. The summed E-state index contributed by atoms with van der Waals surface area (Å²) in [6, 6.07) is 10.7. The first-order chi connectivity index (χ1) is 17.5. The molecular weight excluding hydrogens is 501 g/mol. The number of hydrogen-bond donors (Lipinski definition) is 5. The number of aromatic amines is 1. The molecule has 37 heavy (non-hydrogen) atoms. The summed E-state index contributed by atoms with van der Waals surface area (Å²) in [6.45, 7) is 1.57. The second-order valence-corrected chi connectivity index (χ2v) is 7.67. The largest absolute Gasteiger partial charge is 0.490 e. The summed E-state index contributed by atoms with van der Waals surface area (Å²) in [6.07, 6.45) is -4.67. The summed E-state index contributed by atoms with van der Waals surface area (Å²) < 4.78 is 36.9. The fourth-order valence-electron chi connectivity index (χ4n) is 3.16. The quantitative estimate of drug-likeness (QED) is 0.319. The van der Waals surface area contributed by atoms with Crippen LogP contribution in [-0.4, -0.2) is 93.2 Å². The Bertz CT molecular complexity index is 1240. The smallest absolute Gasteiger partial charge is 0.475 e. The number of carboxylic acids is 1. The van der Waals surface area contributed by atoms with E-state index in [1.807, 2.05) is 18.2 Å². The Morgan fingerprint density at radius 1 is 1.16 bits per heavy atom. The van der Waals surface area contributed by atoms with Crippen molar-refractivity contribution < 1.29 is 42.5 Å². The van der Waals surface area contributed by atoms with Crippen molar-refractivity contribution in [1.82, 2.24) is 25.4 Å². The minimum absolute atomic E-state index is 0.176. The molecular formula is C22H23F3N6O6. The molecule has 3 aromatic rings. The van der Waals surface area contributed by atoms with Gasteiger partial charge in [-0.25, -0.2) is 9.78 Å². The summed E-state index contributed by atoms with van der Waals surface area (Å²) in [7, 11) is 0. The number of aliphatic carboxylic acids is 1. The molecule has 0 bridgehead atoms. The van der Waals surface area contributed by atoms with Crippen molar-refractivity contribution in [1.29, 1.82) is 0 Å². The third-order valence-electron chi connectivity index (χ3n) is 5.00. The molecule has 15 heteroatoms. The number of benzene rings is 1. The van der Waals surface area contributed by atoms with Crippen molar-refractivity contribution >= 4 is 40.2 Å². The van der Waals surface area contributed by atoms with E-state index in [-0.39, 0.29) is 12.2 Å². The Morgan fingerprint density at radius 2 is 1.86 bits per heavy atom. The normalized spacial score (nSPS) is 14.3. The van der Waals surface area contributed by atoms with Crippen LogP contribution < -0.4 is 10.6 Å². The molecule has 3 heterocycles. The van der Waals surface area contributed by atoms with E-state index in [1.54, 1.807) is 24.4 Å². The highest BCUT2D eigenvalue weighted by atomic mass is 19.4. The summed E-state index contributed by atoms with van der Waals surface area (Å²) >= 11 is 0. The van der Waals surface area contributed by atoms with E-state index >= 15 is 0 Å².